The molecule has 0 spiro atoms. The number of para-hydroxylation sites is 1. The largest absolute Gasteiger partial charge is 0.462 e. The highest BCUT2D eigenvalue weighted by Crippen LogP contribution is 2.35. The highest BCUT2D eigenvalue weighted by molar-refractivity contribution is 7.88. The van der Waals surface area contributed by atoms with Gasteiger partial charge in [-0.3, -0.25) is 9.69 Å². The minimum Gasteiger partial charge on any atom is -0.462 e. The van der Waals surface area contributed by atoms with E-state index in [2.05, 4.69) is 6.92 Å². The van der Waals surface area contributed by atoms with Crippen molar-refractivity contribution < 1.29 is 22.7 Å². The van der Waals surface area contributed by atoms with E-state index in [1.54, 1.807) is 22.7 Å². The number of nitrogens with zero attached hydrogens (tertiary/aromatic N) is 4. The van der Waals surface area contributed by atoms with Gasteiger partial charge in [-0.25, -0.2) is 22.2 Å². The van der Waals surface area contributed by atoms with Gasteiger partial charge in [-0.2, -0.15) is 0 Å². The maximum atomic E-state index is 14.1. The van der Waals surface area contributed by atoms with Gasteiger partial charge in [0.25, 0.3) is 0 Å². The molecule has 0 unspecified atom stereocenters. The van der Waals surface area contributed by atoms with Gasteiger partial charge >= 0.3 is 5.97 Å². The van der Waals surface area contributed by atoms with Gasteiger partial charge < -0.3 is 4.74 Å². The first-order valence-corrected chi connectivity index (χ1v) is 14.6. The van der Waals surface area contributed by atoms with Crippen LogP contribution in [0.3, 0.4) is 0 Å². The fraction of sp³-hybridized carbons (Fsp3) is 0.577. The number of hydrogen-bond acceptors (Lipinski definition) is 6. The maximum absolute atomic E-state index is 14.1. The number of hydrogen-bond donors (Lipinski definition) is 0. The van der Waals surface area contributed by atoms with Crippen molar-refractivity contribution in [3.05, 3.63) is 42.1 Å². The van der Waals surface area contributed by atoms with Crippen LogP contribution in [0, 0.1) is 11.8 Å². The number of sulfonamides is 1. The van der Waals surface area contributed by atoms with E-state index in [4.69, 9.17) is 9.84 Å². The van der Waals surface area contributed by atoms with Crippen LogP contribution in [0.5, 0.6) is 0 Å². The van der Waals surface area contributed by atoms with E-state index in [9.17, 15) is 18.0 Å². The van der Waals surface area contributed by atoms with E-state index < -0.39 is 16.0 Å². The molecule has 1 aromatic carbocycles. The van der Waals surface area contributed by atoms with Gasteiger partial charge in [-0.15, -0.1) is 5.10 Å². The zero-order chi connectivity index (χ0) is 25.9. The number of carbonyl (C=O) groups excluding carboxylic acids is 2. The molecule has 0 radical (unpaired) electrons. The third-order valence-electron chi connectivity index (χ3n) is 7.30. The monoisotopic (exact) mass is 516 g/mol. The number of aromatic nitrogens is 2. The molecule has 196 valence electrons. The number of piperidine rings is 1. The molecule has 1 aromatic heterocycles. The highest BCUT2D eigenvalue weighted by Gasteiger charge is 2.39. The molecule has 0 N–H and O–H groups in total. The van der Waals surface area contributed by atoms with Crippen LogP contribution in [0.15, 0.2) is 36.5 Å². The molecule has 1 saturated heterocycles. The second kappa shape index (κ2) is 11.1. The SMILES string of the molecule is CCOC(=O)c1cn(-c2ccccc2)nc1N(C(=O)C1CCC(C)CC1)C1CCN(S(C)(=O)=O)CC1. The van der Waals surface area contributed by atoms with Gasteiger partial charge in [0, 0.05) is 31.2 Å². The zero-order valence-electron chi connectivity index (χ0n) is 21.3. The van der Waals surface area contributed by atoms with Crippen molar-refractivity contribution in [3.8, 4) is 5.69 Å². The Morgan fingerprint density at radius 1 is 1.06 bits per heavy atom. The smallest absolute Gasteiger partial charge is 0.343 e. The lowest BCUT2D eigenvalue weighted by atomic mass is 9.82. The Labute approximate surface area is 213 Å². The van der Waals surface area contributed by atoms with Crippen LogP contribution < -0.4 is 4.90 Å². The number of amides is 1. The summed E-state index contributed by atoms with van der Waals surface area (Å²) in [7, 11) is -3.31. The highest BCUT2D eigenvalue weighted by atomic mass is 32.2. The third kappa shape index (κ3) is 5.81. The molecule has 1 saturated carbocycles. The number of benzene rings is 1. The minimum atomic E-state index is -3.31. The average molecular weight is 517 g/mol. The summed E-state index contributed by atoms with van der Waals surface area (Å²) in [5, 5.41) is 4.75. The number of esters is 1. The summed E-state index contributed by atoms with van der Waals surface area (Å²) in [5.74, 6) is 0.166. The first kappa shape index (κ1) is 26.3. The Morgan fingerprint density at radius 3 is 2.28 bits per heavy atom. The van der Waals surface area contributed by atoms with Gasteiger partial charge in [-0.1, -0.05) is 25.1 Å². The van der Waals surface area contributed by atoms with Gasteiger partial charge in [-0.05, 0) is 63.5 Å². The predicted molar refractivity (Wildman–Crippen MR) is 138 cm³/mol. The first-order chi connectivity index (χ1) is 17.2. The Hall–Kier alpha value is -2.72. The number of anilines is 1. The molecular formula is C26H36N4O5S. The van der Waals surface area contributed by atoms with Gasteiger partial charge in [0.05, 0.1) is 18.6 Å². The summed E-state index contributed by atoms with van der Waals surface area (Å²) < 4.78 is 32.6. The van der Waals surface area contributed by atoms with Crippen molar-refractivity contribution >= 4 is 27.7 Å². The van der Waals surface area contributed by atoms with Crippen LogP contribution in [-0.4, -0.2) is 66.4 Å². The molecule has 2 aliphatic rings. The lowest BCUT2D eigenvalue weighted by Gasteiger charge is -2.39. The van der Waals surface area contributed by atoms with Crippen molar-refractivity contribution in [3.63, 3.8) is 0 Å². The molecule has 2 heterocycles. The summed E-state index contributed by atoms with van der Waals surface area (Å²) in [4.78, 5) is 28.8. The number of rotatable bonds is 7. The normalized spacial score (nSPS) is 21.8. The lowest BCUT2D eigenvalue weighted by molar-refractivity contribution is -0.124. The molecule has 1 aliphatic carbocycles. The molecule has 2 fully saturated rings. The number of carbonyl (C=O) groups is 2. The third-order valence-corrected chi connectivity index (χ3v) is 8.60. The van der Waals surface area contributed by atoms with Crippen molar-refractivity contribution in [1.82, 2.24) is 14.1 Å². The summed E-state index contributed by atoms with van der Waals surface area (Å²) in [6.07, 6.45) is 7.35. The topological polar surface area (TPSA) is 102 Å². The fourth-order valence-electron chi connectivity index (χ4n) is 5.20. The van der Waals surface area contributed by atoms with E-state index in [-0.39, 0.29) is 30.0 Å². The Balaban J connectivity index is 1.74. The van der Waals surface area contributed by atoms with Crippen LogP contribution in [0.1, 0.15) is 62.7 Å². The van der Waals surface area contributed by atoms with E-state index in [0.29, 0.717) is 37.7 Å². The predicted octanol–water partition coefficient (Wildman–Crippen LogP) is 3.63. The van der Waals surface area contributed by atoms with Gasteiger partial charge in [0.2, 0.25) is 15.9 Å². The second-order valence-electron chi connectivity index (χ2n) is 9.93. The van der Waals surface area contributed by atoms with Gasteiger partial charge in [0.1, 0.15) is 5.56 Å². The van der Waals surface area contributed by atoms with E-state index in [1.807, 2.05) is 30.3 Å². The summed E-state index contributed by atoms with van der Waals surface area (Å²) in [5.41, 5.74) is 1.00. The molecule has 0 atom stereocenters. The Morgan fingerprint density at radius 2 is 1.69 bits per heavy atom. The summed E-state index contributed by atoms with van der Waals surface area (Å²) in [6, 6.07) is 9.16. The Bertz CT molecular complexity index is 1160. The van der Waals surface area contributed by atoms with Crippen LogP contribution in [0.25, 0.3) is 5.69 Å². The van der Waals surface area contributed by atoms with E-state index in [1.165, 1.54) is 10.6 Å². The maximum Gasteiger partial charge on any atom is 0.343 e. The molecule has 2 aromatic rings. The van der Waals surface area contributed by atoms with Crippen molar-refractivity contribution in [1.29, 1.82) is 0 Å². The van der Waals surface area contributed by atoms with Crippen molar-refractivity contribution in [2.75, 3.05) is 30.9 Å². The Kier molecular flexibility index (Phi) is 8.14. The fourth-order valence-corrected chi connectivity index (χ4v) is 6.08. The summed E-state index contributed by atoms with van der Waals surface area (Å²) in [6.45, 7) is 4.80. The van der Waals surface area contributed by atoms with Crippen LogP contribution >= 0.6 is 0 Å². The first-order valence-electron chi connectivity index (χ1n) is 12.8. The molecule has 4 rings (SSSR count). The summed E-state index contributed by atoms with van der Waals surface area (Å²) >= 11 is 0. The zero-order valence-corrected chi connectivity index (χ0v) is 22.1. The van der Waals surface area contributed by atoms with Crippen molar-refractivity contribution in [2.45, 2.75) is 58.4 Å². The number of ether oxygens (including phenoxy) is 1. The van der Waals surface area contributed by atoms with E-state index >= 15 is 0 Å². The second-order valence-corrected chi connectivity index (χ2v) is 11.9. The molecule has 1 aliphatic heterocycles. The van der Waals surface area contributed by atoms with Crippen molar-refractivity contribution in [2.24, 2.45) is 11.8 Å². The average Bonchev–Trinajstić information content (AvgIpc) is 3.30. The molecule has 0 bridgehead atoms. The molecule has 36 heavy (non-hydrogen) atoms. The molecular weight excluding hydrogens is 480 g/mol. The van der Waals surface area contributed by atoms with Crippen LogP contribution in [-0.2, 0) is 19.6 Å². The minimum absolute atomic E-state index is 0.0384. The molecule has 1 amide bonds. The molecule has 10 heteroatoms. The van der Waals surface area contributed by atoms with Gasteiger partial charge in [0.15, 0.2) is 5.82 Å². The molecule has 9 nitrogen and oxygen atoms in total. The van der Waals surface area contributed by atoms with Crippen LogP contribution in [0.4, 0.5) is 5.82 Å². The lowest BCUT2D eigenvalue weighted by Crippen LogP contribution is -2.51. The quantitative estimate of drug-likeness (QED) is 0.521. The standard InChI is InChI=1S/C26H36N4O5S/c1-4-35-26(32)23-18-29(21-8-6-5-7-9-21)27-24(23)30(25(31)20-12-10-19(2)11-13-20)22-14-16-28(17-15-22)36(3,33)34/h5-9,18-20,22H,4,10-17H2,1-3H3. The van der Waals surface area contributed by atoms with E-state index in [0.717, 1.165) is 31.4 Å². The van der Waals surface area contributed by atoms with Crippen LogP contribution in [0.2, 0.25) is 0 Å².